The van der Waals surface area contributed by atoms with Crippen LogP contribution in [0.2, 0.25) is 5.02 Å². The summed E-state index contributed by atoms with van der Waals surface area (Å²) in [7, 11) is 0. The number of hydrogen-bond acceptors (Lipinski definition) is 4. The summed E-state index contributed by atoms with van der Waals surface area (Å²) in [4.78, 5) is 23.1. The van der Waals surface area contributed by atoms with Crippen LogP contribution in [0.3, 0.4) is 0 Å². The lowest BCUT2D eigenvalue weighted by Crippen LogP contribution is -2.34. The van der Waals surface area contributed by atoms with Crippen LogP contribution in [0.1, 0.15) is 31.4 Å². The first-order valence-corrected chi connectivity index (χ1v) is 8.89. The van der Waals surface area contributed by atoms with E-state index in [9.17, 15) is 9.59 Å². The van der Waals surface area contributed by atoms with Crippen LogP contribution in [0.5, 0.6) is 5.75 Å². The highest BCUT2D eigenvalue weighted by Crippen LogP contribution is 2.15. The number of hydrazone groups is 1. The van der Waals surface area contributed by atoms with Crippen LogP contribution >= 0.6 is 11.6 Å². The first kappa shape index (κ1) is 20.5. The second kappa shape index (κ2) is 10.3. The van der Waals surface area contributed by atoms with Gasteiger partial charge >= 0.3 is 0 Å². The molecular weight excluding hydrogens is 366 g/mol. The number of benzene rings is 2. The topological polar surface area (TPSA) is 79.8 Å². The first-order chi connectivity index (χ1) is 12.9. The Kier molecular flexibility index (Phi) is 7.82. The van der Waals surface area contributed by atoms with E-state index in [2.05, 4.69) is 15.8 Å². The highest BCUT2D eigenvalue weighted by molar-refractivity contribution is 6.30. The predicted molar refractivity (Wildman–Crippen MR) is 106 cm³/mol. The number of hydrogen-bond donors (Lipinski definition) is 2. The molecule has 0 atom stereocenters. The van der Waals surface area contributed by atoms with E-state index < -0.39 is 5.91 Å². The normalized spacial score (nSPS) is 10.8. The fraction of sp³-hybridized carbons (Fsp3) is 0.250. The van der Waals surface area contributed by atoms with E-state index in [1.165, 1.54) is 6.21 Å². The molecule has 142 valence electrons. The van der Waals surface area contributed by atoms with Crippen LogP contribution in [0, 0.1) is 0 Å². The van der Waals surface area contributed by atoms with Gasteiger partial charge in [0.2, 0.25) is 11.8 Å². The van der Waals surface area contributed by atoms with Gasteiger partial charge in [-0.1, -0.05) is 23.7 Å². The fourth-order valence-corrected chi connectivity index (χ4v) is 2.26. The summed E-state index contributed by atoms with van der Waals surface area (Å²) in [6.45, 7) is 4.10. The number of ether oxygens (including phenoxy) is 1. The van der Waals surface area contributed by atoms with Crippen molar-refractivity contribution in [3.05, 3.63) is 64.7 Å². The van der Waals surface area contributed by atoms with Crippen molar-refractivity contribution in [2.24, 2.45) is 5.10 Å². The summed E-state index contributed by atoms with van der Waals surface area (Å²) in [5, 5.41) is 7.18. The molecule has 0 radical (unpaired) electrons. The molecule has 0 aliphatic heterocycles. The third kappa shape index (κ3) is 7.92. The van der Waals surface area contributed by atoms with Crippen LogP contribution in [-0.2, 0) is 16.2 Å². The van der Waals surface area contributed by atoms with Gasteiger partial charge in [-0.3, -0.25) is 9.59 Å². The van der Waals surface area contributed by atoms with E-state index in [4.69, 9.17) is 16.3 Å². The molecule has 0 heterocycles. The first-order valence-electron chi connectivity index (χ1n) is 8.51. The molecule has 0 saturated heterocycles. The van der Waals surface area contributed by atoms with Gasteiger partial charge < -0.3 is 10.1 Å². The summed E-state index contributed by atoms with van der Waals surface area (Å²) in [5.74, 6) is -0.0799. The SMILES string of the molecule is CC(C)NC(=O)CC(=O)NN=Cc1ccc(OCc2ccc(Cl)cc2)cc1. The highest BCUT2D eigenvalue weighted by atomic mass is 35.5. The Bertz CT molecular complexity index is 787. The van der Waals surface area contributed by atoms with Crippen molar-refractivity contribution in [3.8, 4) is 5.75 Å². The van der Waals surface area contributed by atoms with Gasteiger partial charge in [0.15, 0.2) is 0 Å². The van der Waals surface area contributed by atoms with Gasteiger partial charge in [-0.2, -0.15) is 5.10 Å². The molecule has 0 saturated carbocycles. The molecule has 0 aliphatic carbocycles. The molecule has 0 spiro atoms. The maximum Gasteiger partial charge on any atom is 0.249 e. The zero-order valence-corrected chi connectivity index (χ0v) is 16.0. The van der Waals surface area contributed by atoms with Gasteiger partial charge in [0, 0.05) is 11.1 Å². The highest BCUT2D eigenvalue weighted by Gasteiger charge is 2.09. The molecule has 0 aromatic heterocycles. The summed E-state index contributed by atoms with van der Waals surface area (Å²) in [6.07, 6.45) is 1.24. The molecule has 0 fully saturated rings. The van der Waals surface area contributed by atoms with Gasteiger partial charge in [-0.25, -0.2) is 5.43 Å². The smallest absolute Gasteiger partial charge is 0.249 e. The van der Waals surface area contributed by atoms with Gasteiger partial charge in [-0.05, 0) is 61.4 Å². The predicted octanol–water partition coefficient (Wildman–Crippen LogP) is 3.28. The van der Waals surface area contributed by atoms with E-state index in [1.807, 2.05) is 62.4 Å². The average molecular weight is 388 g/mol. The minimum Gasteiger partial charge on any atom is -0.489 e. The summed E-state index contributed by atoms with van der Waals surface area (Å²) >= 11 is 5.85. The van der Waals surface area contributed by atoms with E-state index in [0.29, 0.717) is 11.6 Å². The summed E-state index contributed by atoms with van der Waals surface area (Å²) < 4.78 is 5.70. The van der Waals surface area contributed by atoms with Crippen LogP contribution in [0.15, 0.2) is 53.6 Å². The summed E-state index contributed by atoms with van der Waals surface area (Å²) in [6, 6.07) is 14.7. The second-order valence-electron chi connectivity index (χ2n) is 6.18. The average Bonchev–Trinajstić information content (AvgIpc) is 2.61. The lowest BCUT2D eigenvalue weighted by atomic mass is 10.2. The molecule has 6 nitrogen and oxygen atoms in total. The number of amides is 2. The van der Waals surface area contributed by atoms with Crippen molar-refractivity contribution in [1.82, 2.24) is 10.7 Å². The molecule has 2 rings (SSSR count). The monoisotopic (exact) mass is 387 g/mol. The Morgan fingerprint density at radius 3 is 2.37 bits per heavy atom. The minimum absolute atomic E-state index is 0.00535. The molecule has 2 aromatic rings. The Hall–Kier alpha value is -2.86. The molecule has 0 aliphatic rings. The lowest BCUT2D eigenvalue weighted by Gasteiger charge is -2.07. The van der Waals surface area contributed by atoms with E-state index in [1.54, 1.807) is 0 Å². The summed E-state index contributed by atoms with van der Waals surface area (Å²) in [5.41, 5.74) is 4.14. The zero-order chi connectivity index (χ0) is 19.6. The fourth-order valence-electron chi connectivity index (χ4n) is 2.13. The van der Waals surface area contributed by atoms with E-state index >= 15 is 0 Å². The number of carbonyl (C=O) groups is 2. The lowest BCUT2D eigenvalue weighted by molar-refractivity contribution is -0.129. The number of halogens is 1. The quantitative estimate of drug-likeness (QED) is 0.414. The Morgan fingerprint density at radius 1 is 1.07 bits per heavy atom. The van der Waals surface area contributed by atoms with Crippen molar-refractivity contribution in [2.75, 3.05) is 0 Å². The second-order valence-corrected chi connectivity index (χ2v) is 6.61. The van der Waals surface area contributed by atoms with Gasteiger partial charge in [0.05, 0.1) is 6.21 Å². The third-order valence-corrected chi connectivity index (χ3v) is 3.62. The van der Waals surface area contributed by atoms with E-state index in [-0.39, 0.29) is 18.4 Å². The van der Waals surface area contributed by atoms with Crippen molar-refractivity contribution in [1.29, 1.82) is 0 Å². The molecule has 27 heavy (non-hydrogen) atoms. The molecule has 0 unspecified atom stereocenters. The molecule has 2 N–H and O–H groups in total. The Labute approximate surface area is 163 Å². The van der Waals surface area contributed by atoms with Gasteiger partial charge in [-0.15, -0.1) is 0 Å². The van der Waals surface area contributed by atoms with Crippen molar-refractivity contribution in [3.63, 3.8) is 0 Å². The van der Waals surface area contributed by atoms with E-state index in [0.717, 1.165) is 16.9 Å². The number of nitrogens with one attached hydrogen (secondary N) is 2. The molecule has 0 bridgehead atoms. The van der Waals surface area contributed by atoms with Crippen molar-refractivity contribution in [2.45, 2.75) is 32.9 Å². The minimum atomic E-state index is -0.465. The van der Waals surface area contributed by atoms with Crippen molar-refractivity contribution < 1.29 is 14.3 Å². The molecular formula is C20H22ClN3O3. The molecule has 2 aromatic carbocycles. The maximum atomic E-state index is 11.6. The zero-order valence-electron chi connectivity index (χ0n) is 15.2. The van der Waals surface area contributed by atoms with Crippen LogP contribution in [0.25, 0.3) is 0 Å². The van der Waals surface area contributed by atoms with Gasteiger partial charge in [0.25, 0.3) is 0 Å². The number of nitrogens with zero attached hydrogens (tertiary/aromatic N) is 1. The standard InChI is InChI=1S/C20H22ClN3O3/c1-14(2)23-19(25)11-20(26)24-22-12-15-5-9-18(10-6-15)27-13-16-3-7-17(21)8-4-16/h3-10,12,14H,11,13H2,1-2H3,(H,23,25)(H,24,26). The Morgan fingerprint density at radius 2 is 1.74 bits per heavy atom. The third-order valence-electron chi connectivity index (χ3n) is 3.37. The van der Waals surface area contributed by atoms with Gasteiger partial charge in [0.1, 0.15) is 18.8 Å². The van der Waals surface area contributed by atoms with Crippen LogP contribution in [-0.4, -0.2) is 24.1 Å². The molecule has 2 amide bonds. The van der Waals surface area contributed by atoms with Crippen LogP contribution < -0.4 is 15.5 Å². The largest absolute Gasteiger partial charge is 0.489 e. The van der Waals surface area contributed by atoms with Crippen molar-refractivity contribution >= 4 is 29.6 Å². The maximum absolute atomic E-state index is 11.6. The number of rotatable bonds is 8. The number of carbonyl (C=O) groups excluding carboxylic acids is 2. The Balaban J connectivity index is 1.77. The molecule has 7 heteroatoms. The van der Waals surface area contributed by atoms with Crippen LogP contribution in [0.4, 0.5) is 0 Å².